The zero-order valence-electron chi connectivity index (χ0n) is 10.2. The average molecular weight is 228 g/mol. The number of hydrogen-bond acceptors (Lipinski definition) is 3. The Morgan fingerprint density at radius 3 is 2.69 bits per heavy atom. The average Bonchev–Trinajstić information content (AvgIpc) is 2.19. The maximum absolute atomic E-state index is 11.9. The van der Waals surface area contributed by atoms with Gasteiger partial charge in [-0.15, -0.1) is 0 Å². The van der Waals surface area contributed by atoms with Crippen LogP contribution in [0.4, 0.5) is 0 Å². The van der Waals surface area contributed by atoms with Gasteiger partial charge in [0.15, 0.2) is 0 Å². The molecule has 92 valence electrons. The summed E-state index contributed by atoms with van der Waals surface area (Å²) in [5.74, 6) is -0.160. The van der Waals surface area contributed by atoms with Gasteiger partial charge < -0.3 is 15.0 Å². The van der Waals surface area contributed by atoms with Crippen molar-refractivity contribution in [3.8, 4) is 0 Å². The van der Waals surface area contributed by atoms with Crippen molar-refractivity contribution in [3.05, 3.63) is 0 Å². The summed E-state index contributed by atoms with van der Waals surface area (Å²) in [7, 11) is 0. The Hall–Kier alpha value is -1.10. The third kappa shape index (κ3) is 3.20. The van der Waals surface area contributed by atoms with Crippen LogP contribution in [0, 0.1) is 0 Å². The van der Waals surface area contributed by atoms with E-state index in [1.807, 2.05) is 6.92 Å². The van der Waals surface area contributed by atoms with Gasteiger partial charge in [-0.25, -0.2) is 0 Å². The van der Waals surface area contributed by atoms with Crippen molar-refractivity contribution >= 4 is 11.8 Å². The molecular weight excluding hydrogens is 208 g/mol. The molecule has 1 fully saturated rings. The second-order valence-corrected chi connectivity index (χ2v) is 4.51. The van der Waals surface area contributed by atoms with Crippen molar-refractivity contribution in [1.82, 2.24) is 10.2 Å². The summed E-state index contributed by atoms with van der Waals surface area (Å²) in [5, 5.41) is 2.67. The highest BCUT2D eigenvalue weighted by atomic mass is 16.5. The quantitative estimate of drug-likeness (QED) is 0.681. The van der Waals surface area contributed by atoms with E-state index in [0.717, 1.165) is 6.42 Å². The van der Waals surface area contributed by atoms with Gasteiger partial charge in [-0.1, -0.05) is 6.92 Å². The summed E-state index contributed by atoms with van der Waals surface area (Å²) in [5.41, 5.74) is -0.792. The molecule has 1 saturated heterocycles. The van der Waals surface area contributed by atoms with Gasteiger partial charge in [0.25, 0.3) is 0 Å². The first-order valence-electron chi connectivity index (χ1n) is 5.65. The van der Waals surface area contributed by atoms with Crippen molar-refractivity contribution in [2.45, 2.75) is 32.7 Å². The fourth-order valence-corrected chi connectivity index (χ4v) is 1.68. The van der Waals surface area contributed by atoms with Gasteiger partial charge >= 0.3 is 0 Å². The minimum atomic E-state index is -0.792. The van der Waals surface area contributed by atoms with Crippen LogP contribution in [-0.2, 0) is 14.3 Å². The Kier molecular flexibility index (Phi) is 4.29. The minimum Gasteiger partial charge on any atom is -0.380 e. The number of carbonyl (C=O) groups excluding carboxylic acids is 2. The molecule has 5 heteroatoms. The Morgan fingerprint density at radius 2 is 2.06 bits per heavy atom. The number of nitrogens with zero attached hydrogens (tertiary/aromatic N) is 1. The Morgan fingerprint density at radius 1 is 1.38 bits per heavy atom. The van der Waals surface area contributed by atoms with E-state index in [-0.39, 0.29) is 18.4 Å². The molecule has 1 heterocycles. The molecule has 0 unspecified atom stereocenters. The van der Waals surface area contributed by atoms with Gasteiger partial charge in [0.2, 0.25) is 11.8 Å². The second-order valence-electron chi connectivity index (χ2n) is 4.51. The van der Waals surface area contributed by atoms with Gasteiger partial charge in [-0.05, 0) is 20.3 Å². The summed E-state index contributed by atoms with van der Waals surface area (Å²) < 4.78 is 5.31. The molecule has 0 saturated carbocycles. The third-order valence-electron chi connectivity index (χ3n) is 2.46. The summed E-state index contributed by atoms with van der Waals surface area (Å²) in [6.07, 6.45) is 0.958. The maximum Gasteiger partial charge on any atom is 0.248 e. The minimum absolute atomic E-state index is 0.0489. The van der Waals surface area contributed by atoms with E-state index in [9.17, 15) is 9.59 Å². The molecule has 16 heavy (non-hydrogen) atoms. The summed E-state index contributed by atoms with van der Waals surface area (Å²) >= 11 is 0. The maximum atomic E-state index is 11.9. The lowest BCUT2D eigenvalue weighted by Crippen LogP contribution is -2.64. The first kappa shape index (κ1) is 13.0. The molecule has 0 aromatic rings. The molecule has 1 aliphatic heterocycles. The lowest BCUT2D eigenvalue weighted by Gasteiger charge is -2.37. The van der Waals surface area contributed by atoms with E-state index < -0.39 is 5.54 Å². The Balaban J connectivity index is 2.45. The molecule has 1 N–H and O–H groups in total. The van der Waals surface area contributed by atoms with Crippen LogP contribution in [0.5, 0.6) is 0 Å². The van der Waals surface area contributed by atoms with Crippen LogP contribution in [-0.4, -0.2) is 48.6 Å². The topological polar surface area (TPSA) is 58.6 Å². The summed E-state index contributed by atoms with van der Waals surface area (Å²) in [6.45, 7) is 7.26. The molecular formula is C11H20N2O3. The first-order valence-corrected chi connectivity index (χ1v) is 5.65. The lowest BCUT2D eigenvalue weighted by atomic mass is 10.0. The van der Waals surface area contributed by atoms with E-state index in [4.69, 9.17) is 4.74 Å². The standard InChI is InChI=1S/C11H20N2O3/c1-4-6-16-7-5-13-8-9(14)12-11(2,3)10(13)15/h4-8H2,1-3H3,(H,12,14). The molecule has 0 spiro atoms. The van der Waals surface area contributed by atoms with E-state index in [0.29, 0.717) is 19.8 Å². The van der Waals surface area contributed by atoms with Gasteiger partial charge in [0.1, 0.15) is 5.54 Å². The number of amides is 2. The highest BCUT2D eigenvalue weighted by Gasteiger charge is 2.38. The van der Waals surface area contributed by atoms with Gasteiger partial charge in [0, 0.05) is 13.2 Å². The molecule has 0 bridgehead atoms. The monoisotopic (exact) mass is 228 g/mol. The number of piperazine rings is 1. The molecule has 1 aliphatic rings. The van der Waals surface area contributed by atoms with Gasteiger partial charge in [-0.2, -0.15) is 0 Å². The molecule has 0 atom stereocenters. The lowest BCUT2D eigenvalue weighted by molar-refractivity contribution is -0.149. The largest absolute Gasteiger partial charge is 0.380 e. The van der Waals surface area contributed by atoms with E-state index >= 15 is 0 Å². The molecule has 0 aliphatic carbocycles. The highest BCUT2D eigenvalue weighted by Crippen LogP contribution is 2.12. The van der Waals surface area contributed by atoms with Crippen molar-refractivity contribution in [2.75, 3.05) is 26.3 Å². The number of nitrogens with one attached hydrogen (secondary N) is 1. The van der Waals surface area contributed by atoms with Gasteiger partial charge in [0.05, 0.1) is 13.2 Å². The predicted octanol–water partition coefficient (Wildman–Crippen LogP) is 0.150. The molecule has 1 rings (SSSR count). The predicted molar refractivity (Wildman–Crippen MR) is 59.9 cm³/mol. The summed E-state index contributed by atoms with van der Waals surface area (Å²) in [4.78, 5) is 24.8. The van der Waals surface area contributed by atoms with Crippen molar-refractivity contribution in [1.29, 1.82) is 0 Å². The zero-order chi connectivity index (χ0) is 12.2. The van der Waals surface area contributed by atoms with Crippen molar-refractivity contribution in [2.24, 2.45) is 0 Å². The molecule has 0 aromatic carbocycles. The molecule has 2 amide bonds. The fraction of sp³-hybridized carbons (Fsp3) is 0.818. The van der Waals surface area contributed by atoms with Crippen molar-refractivity contribution in [3.63, 3.8) is 0 Å². The third-order valence-corrected chi connectivity index (χ3v) is 2.46. The van der Waals surface area contributed by atoms with Crippen LogP contribution in [0.3, 0.4) is 0 Å². The van der Waals surface area contributed by atoms with Gasteiger partial charge in [-0.3, -0.25) is 9.59 Å². The Bertz CT molecular complexity index is 276. The smallest absolute Gasteiger partial charge is 0.248 e. The van der Waals surface area contributed by atoms with Crippen LogP contribution >= 0.6 is 0 Å². The number of rotatable bonds is 5. The number of carbonyl (C=O) groups is 2. The first-order chi connectivity index (χ1) is 7.47. The zero-order valence-corrected chi connectivity index (χ0v) is 10.2. The molecule has 0 radical (unpaired) electrons. The van der Waals surface area contributed by atoms with E-state index in [1.165, 1.54) is 0 Å². The fourth-order valence-electron chi connectivity index (χ4n) is 1.68. The normalized spacial score (nSPS) is 19.8. The van der Waals surface area contributed by atoms with E-state index in [2.05, 4.69) is 5.32 Å². The van der Waals surface area contributed by atoms with Crippen molar-refractivity contribution < 1.29 is 14.3 Å². The summed E-state index contributed by atoms with van der Waals surface area (Å²) in [6, 6.07) is 0. The van der Waals surface area contributed by atoms with E-state index in [1.54, 1.807) is 18.7 Å². The van der Waals surface area contributed by atoms with Crippen LogP contribution in [0.15, 0.2) is 0 Å². The van der Waals surface area contributed by atoms with Crippen LogP contribution < -0.4 is 5.32 Å². The van der Waals surface area contributed by atoms with Crippen LogP contribution in [0.1, 0.15) is 27.2 Å². The SMILES string of the molecule is CCCOCCN1CC(=O)NC(C)(C)C1=O. The van der Waals surface area contributed by atoms with Crippen LogP contribution in [0.2, 0.25) is 0 Å². The molecule has 0 aromatic heterocycles. The number of ether oxygens (including phenoxy) is 1. The number of hydrogen-bond donors (Lipinski definition) is 1. The highest BCUT2D eigenvalue weighted by molar-refractivity contribution is 5.97. The second kappa shape index (κ2) is 5.30. The Labute approximate surface area is 96.1 Å². The molecule has 5 nitrogen and oxygen atoms in total. The van der Waals surface area contributed by atoms with Crippen LogP contribution in [0.25, 0.3) is 0 Å².